The lowest BCUT2D eigenvalue weighted by atomic mass is 9.95. The van der Waals surface area contributed by atoms with E-state index in [1.807, 2.05) is 0 Å². The van der Waals surface area contributed by atoms with E-state index in [4.69, 9.17) is 5.73 Å². The molecule has 0 aromatic carbocycles. The van der Waals surface area contributed by atoms with Gasteiger partial charge in [-0.1, -0.05) is 12.2 Å². The fourth-order valence-electron chi connectivity index (χ4n) is 1.09. The van der Waals surface area contributed by atoms with Crippen LogP contribution in [0.2, 0.25) is 0 Å². The summed E-state index contributed by atoms with van der Waals surface area (Å²) in [5.41, 5.74) is 6.30. The number of nitrogens with one attached hydrogen (secondary N) is 1. The minimum atomic E-state index is -0.664. The molecule has 0 heterocycles. The molecule has 0 bridgehead atoms. The van der Waals surface area contributed by atoms with Crippen molar-refractivity contribution in [3.63, 3.8) is 0 Å². The van der Waals surface area contributed by atoms with Gasteiger partial charge in [0.2, 0.25) is 5.91 Å². The van der Waals surface area contributed by atoms with Crippen molar-refractivity contribution in [2.75, 3.05) is 7.05 Å². The third-order valence-corrected chi connectivity index (χ3v) is 1.83. The van der Waals surface area contributed by atoms with Crippen LogP contribution in [0.3, 0.4) is 0 Å². The first kappa shape index (κ1) is 9.45. The SMILES string of the molecule is CNC(=O)C1=CC=CC(=C=O)C1N. The van der Waals surface area contributed by atoms with Gasteiger partial charge in [-0.3, -0.25) is 4.79 Å². The first-order valence-corrected chi connectivity index (χ1v) is 3.81. The Kier molecular flexibility index (Phi) is 2.80. The van der Waals surface area contributed by atoms with Crippen molar-refractivity contribution in [3.05, 3.63) is 29.4 Å². The topological polar surface area (TPSA) is 72.2 Å². The standard InChI is InChI=1S/C9H10N2O2/c1-11-9(13)7-4-2-3-6(5-12)8(7)10/h2-4,8H,10H2,1H3,(H,11,13). The Labute approximate surface area is 75.8 Å². The average Bonchev–Trinajstić information content (AvgIpc) is 2.17. The number of carbonyl (C=O) groups is 1. The molecule has 0 fully saturated rings. The van der Waals surface area contributed by atoms with Gasteiger partial charge in [-0.25, -0.2) is 4.79 Å². The maximum Gasteiger partial charge on any atom is 0.248 e. The zero-order valence-electron chi connectivity index (χ0n) is 7.20. The van der Waals surface area contributed by atoms with Crippen molar-refractivity contribution in [2.45, 2.75) is 6.04 Å². The molecule has 1 atom stereocenters. The molecule has 1 aliphatic rings. The monoisotopic (exact) mass is 178 g/mol. The van der Waals surface area contributed by atoms with E-state index < -0.39 is 6.04 Å². The number of hydrogen-bond acceptors (Lipinski definition) is 3. The summed E-state index contributed by atoms with van der Waals surface area (Å²) in [7, 11) is 1.51. The highest BCUT2D eigenvalue weighted by Crippen LogP contribution is 2.14. The Balaban J connectivity index is 3.00. The number of likely N-dealkylation sites (N-methyl/N-ethyl adjacent to an activating group) is 1. The van der Waals surface area contributed by atoms with Gasteiger partial charge in [-0.05, 0) is 6.08 Å². The second kappa shape index (κ2) is 3.85. The van der Waals surface area contributed by atoms with Crippen molar-refractivity contribution in [3.8, 4) is 0 Å². The van der Waals surface area contributed by atoms with Gasteiger partial charge in [0.25, 0.3) is 0 Å². The summed E-state index contributed by atoms with van der Waals surface area (Å²) in [5, 5.41) is 2.45. The maximum atomic E-state index is 11.2. The molecule has 0 saturated heterocycles. The van der Waals surface area contributed by atoms with Gasteiger partial charge in [0.05, 0.1) is 11.6 Å². The van der Waals surface area contributed by atoms with Crippen LogP contribution in [0.25, 0.3) is 0 Å². The molecule has 4 heteroatoms. The molecule has 0 aromatic rings. The van der Waals surface area contributed by atoms with Crippen molar-refractivity contribution in [1.29, 1.82) is 0 Å². The van der Waals surface area contributed by atoms with Gasteiger partial charge in [0, 0.05) is 12.6 Å². The van der Waals surface area contributed by atoms with Crippen LogP contribution in [0.15, 0.2) is 29.4 Å². The predicted molar refractivity (Wildman–Crippen MR) is 48.5 cm³/mol. The molecule has 4 nitrogen and oxygen atoms in total. The number of amides is 1. The number of nitrogens with two attached hydrogens (primary N) is 1. The second-order valence-electron chi connectivity index (χ2n) is 2.60. The Bertz CT molecular complexity index is 336. The summed E-state index contributed by atoms with van der Waals surface area (Å²) < 4.78 is 0. The molecule has 3 N–H and O–H groups in total. The molecule has 0 aliphatic heterocycles. The Morgan fingerprint density at radius 1 is 1.69 bits per heavy atom. The van der Waals surface area contributed by atoms with Crippen molar-refractivity contribution >= 4 is 11.8 Å². The largest absolute Gasteiger partial charge is 0.355 e. The van der Waals surface area contributed by atoms with Crippen LogP contribution >= 0.6 is 0 Å². The number of carbonyl (C=O) groups excluding carboxylic acids is 2. The van der Waals surface area contributed by atoms with Crippen LogP contribution in [0.1, 0.15) is 0 Å². The quantitative estimate of drug-likeness (QED) is 0.522. The van der Waals surface area contributed by atoms with Crippen LogP contribution in [0.4, 0.5) is 0 Å². The highest BCUT2D eigenvalue weighted by atomic mass is 16.1. The first-order chi connectivity index (χ1) is 6.20. The van der Waals surface area contributed by atoms with E-state index in [0.717, 1.165) is 0 Å². The molecule has 1 unspecified atom stereocenters. The Morgan fingerprint density at radius 3 is 2.92 bits per heavy atom. The summed E-state index contributed by atoms with van der Waals surface area (Å²) in [5.74, 6) is 1.42. The minimum absolute atomic E-state index is 0.274. The van der Waals surface area contributed by atoms with Gasteiger partial charge in [0.15, 0.2) is 0 Å². The summed E-state index contributed by atoms with van der Waals surface area (Å²) in [6.45, 7) is 0. The Morgan fingerprint density at radius 2 is 2.38 bits per heavy atom. The van der Waals surface area contributed by atoms with E-state index in [1.165, 1.54) is 7.05 Å². The third-order valence-electron chi connectivity index (χ3n) is 1.83. The lowest BCUT2D eigenvalue weighted by Gasteiger charge is -2.15. The van der Waals surface area contributed by atoms with Crippen LogP contribution in [0, 0.1) is 0 Å². The predicted octanol–water partition coefficient (Wildman–Crippen LogP) is -0.686. The van der Waals surface area contributed by atoms with Gasteiger partial charge in [0.1, 0.15) is 5.94 Å². The van der Waals surface area contributed by atoms with Crippen LogP contribution in [-0.2, 0) is 9.59 Å². The van der Waals surface area contributed by atoms with Gasteiger partial charge in [-0.2, -0.15) is 0 Å². The highest BCUT2D eigenvalue weighted by molar-refractivity contribution is 5.96. The summed E-state index contributed by atoms with van der Waals surface area (Å²) in [6, 6.07) is -0.664. The molecule has 1 amide bonds. The second-order valence-corrected chi connectivity index (χ2v) is 2.60. The van der Waals surface area contributed by atoms with Crippen molar-refractivity contribution in [2.24, 2.45) is 5.73 Å². The number of rotatable bonds is 1. The number of hydrogen-bond donors (Lipinski definition) is 2. The van der Waals surface area contributed by atoms with E-state index in [0.29, 0.717) is 11.1 Å². The molecule has 0 saturated carbocycles. The van der Waals surface area contributed by atoms with Gasteiger partial charge >= 0.3 is 0 Å². The van der Waals surface area contributed by atoms with Gasteiger partial charge < -0.3 is 11.1 Å². The number of allylic oxidation sites excluding steroid dienone is 2. The van der Waals surface area contributed by atoms with Crippen molar-refractivity contribution in [1.82, 2.24) is 5.32 Å². The molecule has 1 rings (SSSR count). The molecular weight excluding hydrogens is 168 g/mol. The molecule has 0 spiro atoms. The van der Waals surface area contributed by atoms with E-state index in [9.17, 15) is 9.59 Å². The van der Waals surface area contributed by atoms with E-state index in [1.54, 1.807) is 24.2 Å². The molecule has 68 valence electrons. The zero-order valence-corrected chi connectivity index (χ0v) is 7.20. The van der Waals surface area contributed by atoms with E-state index >= 15 is 0 Å². The van der Waals surface area contributed by atoms with Crippen LogP contribution in [0.5, 0.6) is 0 Å². The van der Waals surface area contributed by atoms with Crippen LogP contribution in [-0.4, -0.2) is 24.9 Å². The smallest absolute Gasteiger partial charge is 0.248 e. The minimum Gasteiger partial charge on any atom is -0.355 e. The lowest BCUT2D eigenvalue weighted by molar-refractivity contribution is -0.117. The summed E-state index contributed by atoms with van der Waals surface area (Å²) >= 11 is 0. The average molecular weight is 178 g/mol. The maximum absolute atomic E-state index is 11.2. The lowest BCUT2D eigenvalue weighted by Crippen LogP contribution is -2.35. The molecular formula is C9H10N2O2. The first-order valence-electron chi connectivity index (χ1n) is 3.81. The molecule has 0 aromatic heterocycles. The van der Waals surface area contributed by atoms with E-state index in [2.05, 4.69) is 5.32 Å². The molecule has 13 heavy (non-hydrogen) atoms. The fourth-order valence-corrected chi connectivity index (χ4v) is 1.09. The Hall–Kier alpha value is -1.64. The highest BCUT2D eigenvalue weighted by Gasteiger charge is 2.21. The van der Waals surface area contributed by atoms with Crippen molar-refractivity contribution < 1.29 is 9.59 Å². The fraction of sp³-hybridized carbons (Fsp3) is 0.222. The third kappa shape index (κ3) is 1.75. The van der Waals surface area contributed by atoms with Gasteiger partial charge in [-0.15, -0.1) is 0 Å². The van der Waals surface area contributed by atoms with E-state index in [-0.39, 0.29) is 5.91 Å². The summed E-state index contributed by atoms with van der Waals surface area (Å²) in [4.78, 5) is 21.6. The normalized spacial score (nSPS) is 20.6. The zero-order chi connectivity index (χ0) is 9.84. The molecule has 1 aliphatic carbocycles. The summed E-state index contributed by atoms with van der Waals surface area (Å²) in [6.07, 6.45) is 4.74. The van der Waals surface area contributed by atoms with Crippen LogP contribution < -0.4 is 11.1 Å². The molecule has 0 radical (unpaired) electrons.